The van der Waals surface area contributed by atoms with E-state index < -0.39 is 0 Å². The molecule has 0 aliphatic rings. The Balaban J connectivity index is 2.28. The maximum absolute atomic E-state index is 8.82. The molecule has 0 unspecified atom stereocenters. The van der Waals surface area contributed by atoms with E-state index in [4.69, 9.17) is 16.9 Å². The van der Waals surface area contributed by atoms with Crippen LogP contribution in [0.2, 0.25) is 0 Å². The molecule has 0 saturated heterocycles. The van der Waals surface area contributed by atoms with Crippen molar-refractivity contribution in [2.75, 3.05) is 5.88 Å². The summed E-state index contributed by atoms with van der Waals surface area (Å²) >= 11 is 5.62. The molecule has 0 radical (unpaired) electrons. The molecule has 5 heteroatoms. The van der Waals surface area contributed by atoms with Crippen molar-refractivity contribution < 1.29 is 0 Å². The van der Waals surface area contributed by atoms with Gasteiger partial charge in [-0.05, 0) is 31.0 Å². The van der Waals surface area contributed by atoms with Crippen LogP contribution < -0.4 is 0 Å². The van der Waals surface area contributed by atoms with E-state index in [1.807, 2.05) is 16.8 Å². The minimum atomic E-state index is 0.633. The second-order valence-electron chi connectivity index (χ2n) is 3.52. The highest BCUT2D eigenvalue weighted by Crippen LogP contribution is 2.13. The summed E-state index contributed by atoms with van der Waals surface area (Å²) in [7, 11) is 0. The number of unbranched alkanes of at least 4 members (excludes halogenated alkanes) is 1. The number of fused-ring (bicyclic) bond motifs is 1. The molecule has 0 N–H and O–H groups in total. The minimum absolute atomic E-state index is 0.633. The molecule has 1 aromatic heterocycles. The van der Waals surface area contributed by atoms with Crippen LogP contribution in [-0.2, 0) is 6.54 Å². The lowest BCUT2D eigenvalue weighted by molar-refractivity contribution is 0.569. The largest absolute Gasteiger partial charge is 0.245 e. The zero-order valence-corrected chi connectivity index (χ0v) is 9.48. The van der Waals surface area contributed by atoms with Crippen molar-refractivity contribution in [2.45, 2.75) is 19.4 Å². The predicted molar refractivity (Wildman–Crippen MR) is 62.2 cm³/mol. The monoisotopic (exact) mass is 234 g/mol. The number of benzene rings is 1. The molecule has 0 amide bonds. The molecule has 4 nitrogen and oxygen atoms in total. The predicted octanol–water partition coefficient (Wildman–Crippen LogP) is 2.32. The summed E-state index contributed by atoms with van der Waals surface area (Å²) in [6.45, 7) is 0.790. The third kappa shape index (κ3) is 2.15. The fourth-order valence-electron chi connectivity index (χ4n) is 1.56. The first kappa shape index (κ1) is 10.9. The van der Waals surface area contributed by atoms with Gasteiger partial charge in [0.1, 0.15) is 5.52 Å². The lowest BCUT2D eigenvalue weighted by atomic mass is 10.2. The third-order valence-corrected chi connectivity index (χ3v) is 2.66. The molecule has 0 bridgehead atoms. The highest BCUT2D eigenvalue weighted by molar-refractivity contribution is 6.17. The van der Waals surface area contributed by atoms with Crippen molar-refractivity contribution in [3.8, 4) is 6.07 Å². The number of alkyl halides is 1. The molecule has 16 heavy (non-hydrogen) atoms. The second kappa shape index (κ2) is 4.95. The van der Waals surface area contributed by atoms with Gasteiger partial charge in [-0.3, -0.25) is 0 Å². The second-order valence-corrected chi connectivity index (χ2v) is 3.90. The SMILES string of the molecule is N#Cc1ccc2nnn(CCCCCl)c2c1. The summed E-state index contributed by atoms with van der Waals surface area (Å²) in [5, 5.41) is 16.9. The molecule has 0 fully saturated rings. The van der Waals surface area contributed by atoms with Gasteiger partial charge in [-0.1, -0.05) is 5.21 Å². The van der Waals surface area contributed by atoms with Crippen LogP contribution >= 0.6 is 11.6 Å². The van der Waals surface area contributed by atoms with E-state index in [2.05, 4.69) is 16.4 Å². The Morgan fingerprint density at radius 2 is 2.25 bits per heavy atom. The quantitative estimate of drug-likeness (QED) is 0.603. The number of nitriles is 1. The molecule has 1 aromatic carbocycles. The van der Waals surface area contributed by atoms with Crippen LogP contribution in [-0.4, -0.2) is 20.9 Å². The van der Waals surface area contributed by atoms with E-state index in [1.165, 1.54) is 0 Å². The van der Waals surface area contributed by atoms with Crippen LogP contribution in [0.15, 0.2) is 18.2 Å². The van der Waals surface area contributed by atoms with Gasteiger partial charge in [0.05, 0.1) is 17.1 Å². The molecule has 0 spiro atoms. The average Bonchev–Trinajstić information content (AvgIpc) is 2.72. The first-order chi connectivity index (χ1) is 7.85. The first-order valence-electron chi connectivity index (χ1n) is 5.14. The lowest BCUT2D eigenvalue weighted by Crippen LogP contribution is -2.00. The number of nitrogens with zero attached hydrogens (tertiary/aromatic N) is 4. The fourth-order valence-corrected chi connectivity index (χ4v) is 1.74. The van der Waals surface area contributed by atoms with E-state index in [0.29, 0.717) is 11.4 Å². The highest BCUT2D eigenvalue weighted by Gasteiger charge is 2.04. The molecule has 0 aliphatic carbocycles. The maximum atomic E-state index is 8.82. The third-order valence-electron chi connectivity index (χ3n) is 2.40. The molecule has 82 valence electrons. The van der Waals surface area contributed by atoms with Gasteiger partial charge in [-0.15, -0.1) is 16.7 Å². The molecule has 0 atom stereocenters. The summed E-state index contributed by atoms with van der Waals surface area (Å²) in [6.07, 6.45) is 1.93. The fraction of sp³-hybridized carbons (Fsp3) is 0.364. The summed E-state index contributed by atoms with van der Waals surface area (Å²) in [5.41, 5.74) is 2.37. The topological polar surface area (TPSA) is 54.5 Å². The van der Waals surface area contributed by atoms with Crippen molar-refractivity contribution in [1.29, 1.82) is 5.26 Å². The molecule has 0 aliphatic heterocycles. The van der Waals surface area contributed by atoms with Crippen molar-refractivity contribution in [3.05, 3.63) is 23.8 Å². The Kier molecular flexibility index (Phi) is 3.37. The first-order valence-corrected chi connectivity index (χ1v) is 5.68. The van der Waals surface area contributed by atoms with Crippen LogP contribution in [0.5, 0.6) is 0 Å². The number of hydrogen-bond donors (Lipinski definition) is 0. The normalized spacial score (nSPS) is 10.5. The Morgan fingerprint density at radius 1 is 1.38 bits per heavy atom. The lowest BCUT2D eigenvalue weighted by Gasteiger charge is -2.00. The van der Waals surface area contributed by atoms with Crippen molar-refractivity contribution in [1.82, 2.24) is 15.0 Å². The van der Waals surface area contributed by atoms with E-state index in [9.17, 15) is 0 Å². The van der Waals surface area contributed by atoms with Gasteiger partial charge in [0.2, 0.25) is 0 Å². The smallest absolute Gasteiger partial charge is 0.113 e. The molecule has 2 rings (SSSR count). The Morgan fingerprint density at radius 3 is 3.00 bits per heavy atom. The summed E-state index contributed by atoms with van der Waals surface area (Å²) in [6, 6.07) is 7.50. The molecule has 1 heterocycles. The van der Waals surface area contributed by atoms with Gasteiger partial charge in [-0.2, -0.15) is 5.26 Å². The zero-order chi connectivity index (χ0) is 11.4. The summed E-state index contributed by atoms with van der Waals surface area (Å²) in [4.78, 5) is 0. The average molecular weight is 235 g/mol. The van der Waals surface area contributed by atoms with E-state index in [-0.39, 0.29) is 0 Å². The number of aromatic nitrogens is 3. The number of hydrogen-bond acceptors (Lipinski definition) is 3. The molecular weight excluding hydrogens is 224 g/mol. The van der Waals surface area contributed by atoms with Gasteiger partial charge in [-0.25, -0.2) is 4.68 Å². The van der Waals surface area contributed by atoms with Crippen LogP contribution in [0.25, 0.3) is 11.0 Å². The van der Waals surface area contributed by atoms with E-state index >= 15 is 0 Å². The summed E-state index contributed by atoms with van der Waals surface area (Å²) < 4.78 is 1.82. The minimum Gasteiger partial charge on any atom is -0.245 e. The van der Waals surface area contributed by atoms with Gasteiger partial charge in [0, 0.05) is 12.4 Å². The highest BCUT2D eigenvalue weighted by atomic mass is 35.5. The van der Waals surface area contributed by atoms with Gasteiger partial charge >= 0.3 is 0 Å². The van der Waals surface area contributed by atoms with Crippen molar-refractivity contribution in [2.24, 2.45) is 0 Å². The number of aryl methyl sites for hydroxylation is 1. The standard InChI is InChI=1S/C11H11ClN4/c12-5-1-2-6-16-11-7-9(8-13)3-4-10(11)14-15-16/h3-4,7H,1-2,5-6H2. The van der Waals surface area contributed by atoms with E-state index in [0.717, 1.165) is 30.4 Å². The Hall–Kier alpha value is -1.60. The van der Waals surface area contributed by atoms with Crippen LogP contribution in [0, 0.1) is 11.3 Å². The van der Waals surface area contributed by atoms with E-state index in [1.54, 1.807) is 6.07 Å². The number of halogens is 1. The van der Waals surface area contributed by atoms with Gasteiger partial charge in [0.25, 0.3) is 0 Å². The van der Waals surface area contributed by atoms with Crippen LogP contribution in [0.3, 0.4) is 0 Å². The maximum Gasteiger partial charge on any atom is 0.113 e. The van der Waals surface area contributed by atoms with Crippen LogP contribution in [0.1, 0.15) is 18.4 Å². The molecular formula is C11H11ClN4. The summed E-state index contributed by atoms with van der Waals surface area (Å²) in [5.74, 6) is 0.663. The van der Waals surface area contributed by atoms with Crippen LogP contribution in [0.4, 0.5) is 0 Å². The van der Waals surface area contributed by atoms with Gasteiger partial charge in [0.15, 0.2) is 0 Å². The van der Waals surface area contributed by atoms with Gasteiger partial charge < -0.3 is 0 Å². The molecule has 0 saturated carbocycles. The molecule has 2 aromatic rings. The zero-order valence-electron chi connectivity index (χ0n) is 8.73. The Labute approximate surface area is 98.4 Å². The van der Waals surface area contributed by atoms with Crippen molar-refractivity contribution >= 4 is 22.6 Å². The number of rotatable bonds is 4. The Bertz CT molecular complexity index is 526. The van der Waals surface area contributed by atoms with Crippen molar-refractivity contribution in [3.63, 3.8) is 0 Å².